The van der Waals surface area contributed by atoms with Gasteiger partial charge in [-0.1, -0.05) is 65.0 Å². The van der Waals surface area contributed by atoms with Gasteiger partial charge in [0.2, 0.25) is 5.91 Å². The topological polar surface area (TPSA) is 72.0 Å². The summed E-state index contributed by atoms with van der Waals surface area (Å²) in [7, 11) is 0. The van der Waals surface area contributed by atoms with Gasteiger partial charge >= 0.3 is 0 Å². The molecule has 3 rings (SSSR count). The smallest absolute Gasteiger partial charge is 0.234 e. The van der Waals surface area contributed by atoms with Crippen LogP contribution in [-0.4, -0.2) is 27.6 Å². The van der Waals surface area contributed by atoms with Crippen molar-refractivity contribution in [2.24, 2.45) is 0 Å². The van der Waals surface area contributed by atoms with Crippen LogP contribution in [0, 0.1) is 0 Å². The van der Waals surface area contributed by atoms with E-state index in [-0.39, 0.29) is 17.4 Å². The van der Waals surface area contributed by atoms with Gasteiger partial charge in [0.05, 0.1) is 11.4 Å². The number of aromatic nitrogens is 2. The van der Waals surface area contributed by atoms with Crippen molar-refractivity contribution in [1.29, 1.82) is 0 Å². The van der Waals surface area contributed by atoms with Crippen molar-refractivity contribution in [1.82, 2.24) is 10.2 Å². The molecule has 1 aromatic heterocycles. The molecule has 1 heterocycles. The molecule has 2 aromatic carbocycles. The summed E-state index contributed by atoms with van der Waals surface area (Å²) in [5.41, 5.74) is 2.92. The first-order chi connectivity index (χ1) is 12.1. The molecule has 1 amide bonds. The third-order valence-corrected chi connectivity index (χ3v) is 5.30. The number of carbonyl (C=O) groups is 2. The summed E-state index contributed by atoms with van der Waals surface area (Å²) < 4.78 is 0.715. The minimum Gasteiger partial charge on any atom is -0.325 e. The molecule has 0 saturated heterocycles. The summed E-state index contributed by atoms with van der Waals surface area (Å²) >= 11 is 8.69. The molecule has 5 nitrogen and oxygen atoms in total. The molecule has 0 unspecified atom stereocenters. The van der Waals surface area contributed by atoms with E-state index in [4.69, 9.17) is 11.6 Å². The molecule has 3 aromatic rings. The Morgan fingerprint density at radius 3 is 2.68 bits per heavy atom. The number of anilines is 1. The van der Waals surface area contributed by atoms with E-state index in [9.17, 15) is 9.59 Å². The number of hydrogen-bond donors (Lipinski definition) is 1. The average molecular weight is 390 g/mol. The monoisotopic (exact) mass is 389 g/mol. The number of hydrogen-bond acceptors (Lipinski definition) is 6. The van der Waals surface area contributed by atoms with Crippen molar-refractivity contribution in [3.8, 4) is 0 Å². The third kappa shape index (κ3) is 4.66. The van der Waals surface area contributed by atoms with Crippen molar-refractivity contribution >= 4 is 52.1 Å². The van der Waals surface area contributed by atoms with Gasteiger partial charge in [0, 0.05) is 16.1 Å². The van der Waals surface area contributed by atoms with Crippen LogP contribution in [0.3, 0.4) is 0 Å². The van der Waals surface area contributed by atoms with E-state index in [1.807, 2.05) is 6.07 Å². The second kappa shape index (κ2) is 8.24. The summed E-state index contributed by atoms with van der Waals surface area (Å²) in [6, 6.07) is 13.7. The molecule has 25 heavy (non-hydrogen) atoms. The molecule has 0 spiro atoms. The zero-order chi connectivity index (χ0) is 17.6. The van der Waals surface area contributed by atoms with E-state index in [1.54, 1.807) is 48.0 Å². The van der Waals surface area contributed by atoms with Crippen LogP contribution in [-0.2, 0) is 4.79 Å². The lowest BCUT2D eigenvalue weighted by molar-refractivity contribution is -0.113. The Balaban J connectivity index is 1.77. The number of nitrogens with one attached hydrogen (secondary N) is 1. The Bertz CT molecular complexity index is 886. The van der Waals surface area contributed by atoms with Crippen molar-refractivity contribution in [3.05, 3.63) is 70.2 Å². The van der Waals surface area contributed by atoms with Crippen molar-refractivity contribution in [2.75, 3.05) is 11.1 Å². The largest absolute Gasteiger partial charge is 0.325 e. The van der Waals surface area contributed by atoms with Gasteiger partial charge in [-0.15, -0.1) is 10.2 Å². The fourth-order valence-electron chi connectivity index (χ4n) is 2.10. The van der Waals surface area contributed by atoms with Crippen LogP contribution in [0.15, 0.2) is 58.4 Å². The van der Waals surface area contributed by atoms with Crippen molar-refractivity contribution < 1.29 is 9.59 Å². The van der Waals surface area contributed by atoms with E-state index in [0.717, 1.165) is 0 Å². The molecular weight excluding hydrogens is 378 g/mol. The van der Waals surface area contributed by atoms with Crippen molar-refractivity contribution in [2.45, 2.75) is 4.34 Å². The van der Waals surface area contributed by atoms with E-state index >= 15 is 0 Å². The van der Waals surface area contributed by atoms with Crippen LogP contribution in [0.4, 0.5) is 5.69 Å². The summed E-state index contributed by atoms with van der Waals surface area (Å²) in [6.45, 7) is 0. The minimum atomic E-state index is -0.232. The van der Waals surface area contributed by atoms with Crippen LogP contribution >= 0.6 is 34.7 Å². The van der Waals surface area contributed by atoms with Crippen molar-refractivity contribution in [3.63, 3.8) is 0 Å². The molecular formula is C17H12ClN3O2S2. The van der Waals surface area contributed by atoms with Gasteiger partial charge in [0.1, 0.15) is 5.51 Å². The predicted octanol–water partition coefficient (Wildman–Crippen LogP) is 4.15. The summed E-state index contributed by atoms with van der Waals surface area (Å²) in [5, 5.41) is 10.8. The fourth-order valence-corrected chi connectivity index (χ4v) is 3.56. The maximum atomic E-state index is 12.7. The standard InChI is InChI=1S/C17H12ClN3O2S2/c18-12-6-7-14(20-15(22)9-24-17-21-19-10-25-17)13(8-12)16(23)11-4-2-1-3-5-11/h1-8,10H,9H2,(H,20,22). The van der Waals surface area contributed by atoms with Crippen LogP contribution < -0.4 is 5.32 Å². The second-order valence-corrected chi connectivity index (χ2v) is 7.42. The highest BCUT2D eigenvalue weighted by molar-refractivity contribution is 8.01. The van der Waals surface area contributed by atoms with Gasteiger partial charge in [0.25, 0.3) is 0 Å². The lowest BCUT2D eigenvalue weighted by atomic mass is 10.0. The maximum Gasteiger partial charge on any atom is 0.234 e. The molecule has 0 aliphatic carbocycles. The van der Waals surface area contributed by atoms with Gasteiger partial charge in [0.15, 0.2) is 10.1 Å². The Kier molecular flexibility index (Phi) is 5.80. The van der Waals surface area contributed by atoms with E-state index in [1.165, 1.54) is 23.1 Å². The number of ketones is 1. The summed E-state index contributed by atoms with van der Waals surface area (Å²) in [4.78, 5) is 24.9. The SMILES string of the molecule is O=C(CSc1nncs1)Nc1ccc(Cl)cc1C(=O)c1ccccc1. The molecule has 0 radical (unpaired) electrons. The molecule has 126 valence electrons. The number of carbonyl (C=O) groups excluding carboxylic acids is 2. The molecule has 0 fully saturated rings. The first kappa shape index (κ1) is 17.6. The van der Waals surface area contributed by atoms with E-state index < -0.39 is 0 Å². The predicted molar refractivity (Wildman–Crippen MR) is 101 cm³/mol. The van der Waals surface area contributed by atoms with Crippen LogP contribution in [0.2, 0.25) is 5.02 Å². The third-order valence-electron chi connectivity index (χ3n) is 3.20. The number of benzene rings is 2. The zero-order valence-corrected chi connectivity index (χ0v) is 15.2. The number of rotatable bonds is 6. The van der Waals surface area contributed by atoms with Gasteiger partial charge in [-0.25, -0.2) is 0 Å². The Morgan fingerprint density at radius 2 is 1.96 bits per heavy atom. The van der Waals surface area contributed by atoms with E-state index in [0.29, 0.717) is 26.2 Å². The van der Waals surface area contributed by atoms with Crippen LogP contribution in [0.1, 0.15) is 15.9 Å². The number of nitrogens with zero attached hydrogens (tertiary/aromatic N) is 2. The number of amides is 1. The number of thioether (sulfide) groups is 1. The molecule has 1 N–H and O–H groups in total. The molecule has 0 saturated carbocycles. The van der Waals surface area contributed by atoms with Gasteiger partial charge < -0.3 is 5.32 Å². The molecule has 0 bridgehead atoms. The maximum absolute atomic E-state index is 12.7. The molecule has 8 heteroatoms. The van der Waals surface area contributed by atoms with Crippen LogP contribution in [0.25, 0.3) is 0 Å². The quantitative estimate of drug-likeness (QED) is 0.506. The highest BCUT2D eigenvalue weighted by Crippen LogP contribution is 2.25. The minimum absolute atomic E-state index is 0.177. The first-order valence-corrected chi connectivity index (χ1v) is 9.46. The highest BCUT2D eigenvalue weighted by Gasteiger charge is 2.16. The Labute approximate surface area is 157 Å². The normalized spacial score (nSPS) is 10.4. The van der Waals surface area contributed by atoms with E-state index in [2.05, 4.69) is 15.5 Å². The summed E-state index contributed by atoms with van der Waals surface area (Å²) in [6.07, 6.45) is 0. The number of halogens is 1. The fraction of sp³-hybridized carbons (Fsp3) is 0.0588. The summed E-state index contributed by atoms with van der Waals surface area (Å²) in [5.74, 6) is -0.253. The second-order valence-electron chi connectivity index (χ2n) is 4.93. The first-order valence-electron chi connectivity index (χ1n) is 7.21. The molecule has 0 aliphatic heterocycles. The van der Waals surface area contributed by atoms with Gasteiger partial charge in [-0.2, -0.15) is 0 Å². The lowest BCUT2D eigenvalue weighted by Crippen LogP contribution is -2.17. The van der Waals surface area contributed by atoms with Gasteiger partial charge in [-0.3, -0.25) is 9.59 Å². The van der Waals surface area contributed by atoms with Gasteiger partial charge in [-0.05, 0) is 18.2 Å². The van der Waals surface area contributed by atoms with Crippen LogP contribution in [0.5, 0.6) is 0 Å². The Hall–Kier alpha value is -2.22. The lowest BCUT2D eigenvalue weighted by Gasteiger charge is -2.11. The molecule has 0 atom stereocenters. The highest BCUT2D eigenvalue weighted by atomic mass is 35.5. The zero-order valence-electron chi connectivity index (χ0n) is 12.8. The Morgan fingerprint density at radius 1 is 1.16 bits per heavy atom. The average Bonchev–Trinajstić information content (AvgIpc) is 3.15. The molecule has 0 aliphatic rings.